The van der Waals surface area contributed by atoms with E-state index >= 15 is 0 Å². The van der Waals surface area contributed by atoms with Crippen molar-refractivity contribution >= 4 is 38.7 Å². The van der Waals surface area contributed by atoms with E-state index in [0.29, 0.717) is 6.07 Å². The van der Waals surface area contributed by atoms with Gasteiger partial charge >= 0.3 is 0 Å². The van der Waals surface area contributed by atoms with Gasteiger partial charge in [-0.05, 0) is 18.2 Å². The first-order valence-corrected chi connectivity index (χ1v) is 9.87. The SMILES string of the molecule is Nc1c(S(=O)(=O)O)cc(Nc2cc(F)cc(F)c2)c2c1C(=O)c1ccccc1C2=O. The third kappa shape index (κ3) is 3.11. The molecule has 0 spiro atoms. The first-order valence-electron chi connectivity index (χ1n) is 8.43. The van der Waals surface area contributed by atoms with Crippen LogP contribution in [0.25, 0.3) is 0 Å². The van der Waals surface area contributed by atoms with Crippen LogP contribution in [0.15, 0.2) is 53.4 Å². The van der Waals surface area contributed by atoms with E-state index in [1.54, 1.807) is 6.07 Å². The second-order valence-electron chi connectivity index (χ2n) is 6.55. The van der Waals surface area contributed by atoms with Gasteiger partial charge in [-0.3, -0.25) is 14.1 Å². The summed E-state index contributed by atoms with van der Waals surface area (Å²) in [6, 6.07) is 9.13. The molecule has 4 rings (SSSR count). The fourth-order valence-corrected chi connectivity index (χ4v) is 4.03. The molecule has 0 atom stereocenters. The van der Waals surface area contributed by atoms with Crippen molar-refractivity contribution in [2.75, 3.05) is 11.1 Å². The minimum atomic E-state index is -4.89. The molecular weight excluding hydrogens is 418 g/mol. The molecule has 152 valence electrons. The summed E-state index contributed by atoms with van der Waals surface area (Å²) in [6.45, 7) is 0. The van der Waals surface area contributed by atoms with Crippen molar-refractivity contribution in [2.45, 2.75) is 4.90 Å². The number of benzene rings is 3. The smallest absolute Gasteiger partial charge is 0.296 e. The number of rotatable bonds is 3. The number of nitrogen functional groups attached to an aromatic ring is 1. The summed E-state index contributed by atoms with van der Waals surface area (Å²) >= 11 is 0. The van der Waals surface area contributed by atoms with E-state index in [0.717, 1.165) is 18.2 Å². The van der Waals surface area contributed by atoms with Crippen LogP contribution < -0.4 is 11.1 Å². The van der Waals surface area contributed by atoms with Gasteiger partial charge in [0, 0.05) is 22.9 Å². The molecule has 0 radical (unpaired) electrons. The Kier molecular flexibility index (Phi) is 4.40. The van der Waals surface area contributed by atoms with Crippen molar-refractivity contribution in [3.63, 3.8) is 0 Å². The summed E-state index contributed by atoms with van der Waals surface area (Å²) < 4.78 is 60.3. The van der Waals surface area contributed by atoms with E-state index in [1.165, 1.54) is 18.2 Å². The Hall–Kier alpha value is -3.63. The number of carbonyl (C=O) groups excluding carboxylic acids is 2. The van der Waals surface area contributed by atoms with Gasteiger partial charge in [-0.2, -0.15) is 8.42 Å². The zero-order valence-corrected chi connectivity index (χ0v) is 15.8. The highest BCUT2D eigenvalue weighted by Crippen LogP contribution is 2.40. The lowest BCUT2D eigenvalue weighted by molar-refractivity contribution is 0.0980. The molecule has 10 heteroatoms. The highest BCUT2D eigenvalue weighted by molar-refractivity contribution is 7.86. The Morgan fingerprint density at radius 3 is 1.93 bits per heavy atom. The van der Waals surface area contributed by atoms with E-state index in [9.17, 15) is 31.3 Å². The lowest BCUT2D eigenvalue weighted by atomic mass is 9.82. The van der Waals surface area contributed by atoms with E-state index < -0.39 is 49.5 Å². The van der Waals surface area contributed by atoms with Crippen LogP contribution in [0, 0.1) is 11.6 Å². The van der Waals surface area contributed by atoms with Crippen LogP contribution in [-0.4, -0.2) is 24.5 Å². The Bertz CT molecular complexity index is 1350. The Balaban J connectivity index is 2.03. The molecule has 0 saturated carbocycles. The lowest BCUT2D eigenvalue weighted by Gasteiger charge is -2.23. The van der Waals surface area contributed by atoms with Crippen LogP contribution in [-0.2, 0) is 10.1 Å². The standard InChI is InChI=1S/C20H12F2N2O5S/c21-9-5-10(22)7-11(6-9)24-14-8-15(30(27,28)29)18(23)17-16(14)19(25)12-3-1-2-4-13(12)20(17)26/h1-8,24H,23H2,(H,27,28,29). The number of fused-ring (bicyclic) bond motifs is 2. The Morgan fingerprint density at radius 2 is 1.40 bits per heavy atom. The van der Waals surface area contributed by atoms with Crippen LogP contribution in [0.3, 0.4) is 0 Å². The van der Waals surface area contributed by atoms with E-state index in [2.05, 4.69) is 5.32 Å². The van der Waals surface area contributed by atoms with Gasteiger partial charge in [0.05, 0.1) is 22.5 Å². The first-order chi connectivity index (χ1) is 14.1. The lowest BCUT2D eigenvalue weighted by Crippen LogP contribution is -2.25. The minimum Gasteiger partial charge on any atom is -0.397 e. The molecule has 0 aliphatic heterocycles. The highest BCUT2D eigenvalue weighted by atomic mass is 32.2. The highest BCUT2D eigenvalue weighted by Gasteiger charge is 2.36. The van der Waals surface area contributed by atoms with E-state index in [-0.39, 0.29) is 28.1 Å². The third-order valence-electron chi connectivity index (χ3n) is 4.62. The van der Waals surface area contributed by atoms with Crippen molar-refractivity contribution < 1.29 is 31.3 Å². The van der Waals surface area contributed by atoms with Gasteiger partial charge in [-0.15, -0.1) is 0 Å². The number of hydrogen-bond acceptors (Lipinski definition) is 6. The summed E-state index contributed by atoms with van der Waals surface area (Å²) in [5.74, 6) is -3.22. The van der Waals surface area contributed by atoms with Gasteiger partial charge in [0.2, 0.25) is 0 Å². The molecule has 0 amide bonds. The third-order valence-corrected chi connectivity index (χ3v) is 5.51. The Morgan fingerprint density at radius 1 is 0.867 bits per heavy atom. The molecule has 3 aromatic rings. The molecule has 1 aliphatic carbocycles. The number of carbonyl (C=O) groups is 2. The summed E-state index contributed by atoms with van der Waals surface area (Å²) in [5, 5.41) is 2.55. The normalized spacial score (nSPS) is 13.0. The van der Waals surface area contributed by atoms with Crippen LogP contribution in [0.4, 0.5) is 25.8 Å². The molecule has 4 N–H and O–H groups in total. The molecule has 0 heterocycles. The van der Waals surface area contributed by atoms with Crippen molar-refractivity contribution in [1.82, 2.24) is 0 Å². The van der Waals surface area contributed by atoms with Crippen molar-refractivity contribution in [1.29, 1.82) is 0 Å². The summed E-state index contributed by atoms with van der Waals surface area (Å²) in [5.41, 5.74) is 4.21. The molecule has 0 unspecified atom stereocenters. The number of halogens is 2. The van der Waals surface area contributed by atoms with Gasteiger partial charge in [0.15, 0.2) is 11.6 Å². The van der Waals surface area contributed by atoms with Gasteiger partial charge in [-0.1, -0.05) is 24.3 Å². The van der Waals surface area contributed by atoms with Gasteiger partial charge in [0.25, 0.3) is 10.1 Å². The minimum absolute atomic E-state index is 0.0111. The fraction of sp³-hybridized carbons (Fsp3) is 0. The van der Waals surface area contributed by atoms with Crippen LogP contribution in [0.5, 0.6) is 0 Å². The zero-order chi connectivity index (χ0) is 21.8. The average molecular weight is 430 g/mol. The maximum Gasteiger partial charge on any atom is 0.296 e. The summed E-state index contributed by atoms with van der Waals surface area (Å²) in [4.78, 5) is 25.3. The van der Waals surface area contributed by atoms with Crippen molar-refractivity contribution in [3.05, 3.63) is 82.4 Å². The van der Waals surface area contributed by atoms with Crippen molar-refractivity contribution in [3.8, 4) is 0 Å². The molecule has 3 aromatic carbocycles. The molecule has 7 nitrogen and oxygen atoms in total. The second-order valence-corrected chi connectivity index (χ2v) is 7.94. The number of ketones is 2. The predicted molar refractivity (Wildman–Crippen MR) is 104 cm³/mol. The maximum absolute atomic E-state index is 13.6. The average Bonchev–Trinajstić information content (AvgIpc) is 2.65. The monoisotopic (exact) mass is 430 g/mol. The molecule has 0 fully saturated rings. The Labute approximate surface area is 168 Å². The van der Waals surface area contributed by atoms with E-state index in [4.69, 9.17) is 5.73 Å². The number of nitrogens with two attached hydrogens (primary N) is 1. The van der Waals surface area contributed by atoms with Gasteiger partial charge in [-0.25, -0.2) is 8.78 Å². The van der Waals surface area contributed by atoms with E-state index in [1.807, 2.05) is 0 Å². The van der Waals surface area contributed by atoms with Crippen LogP contribution >= 0.6 is 0 Å². The number of anilines is 3. The summed E-state index contributed by atoms with van der Waals surface area (Å²) in [6.07, 6.45) is 0. The summed E-state index contributed by atoms with van der Waals surface area (Å²) in [7, 11) is -4.89. The maximum atomic E-state index is 13.6. The molecule has 0 saturated heterocycles. The molecule has 0 aromatic heterocycles. The molecule has 1 aliphatic rings. The molecule has 30 heavy (non-hydrogen) atoms. The van der Waals surface area contributed by atoms with Crippen LogP contribution in [0.1, 0.15) is 31.8 Å². The quantitative estimate of drug-likeness (QED) is 0.336. The number of nitrogens with one attached hydrogen (secondary N) is 1. The molecular formula is C20H12F2N2O5S. The van der Waals surface area contributed by atoms with Gasteiger partial charge in [0.1, 0.15) is 16.5 Å². The largest absolute Gasteiger partial charge is 0.397 e. The number of hydrogen-bond donors (Lipinski definition) is 3. The topological polar surface area (TPSA) is 127 Å². The first kappa shape index (κ1) is 19.7. The van der Waals surface area contributed by atoms with Gasteiger partial charge < -0.3 is 11.1 Å². The van der Waals surface area contributed by atoms with Crippen LogP contribution in [0.2, 0.25) is 0 Å². The molecule has 0 bridgehead atoms. The predicted octanol–water partition coefficient (Wildman–Crippen LogP) is 3.31. The van der Waals surface area contributed by atoms with Crippen molar-refractivity contribution in [2.24, 2.45) is 0 Å². The fourth-order valence-electron chi connectivity index (χ4n) is 3.39. The second kappa shape index (κ2) is 6.71. The zero-order valence-electron chi connectivity index (χ0n) is 14.9.